The van der Waals surface area contributed by atoms with Crippen molar-refractivity contribution >= 4 is 29.9 Å². The molecule has 0 aromatic heterocycles. The van der Waals surface area contributed by atoms with E-state index in [4.69, 9.17) is 4.74 Å². The maximum Gasteiger partial charge on any atom is 0.191 e. The maximum absolute atomic E-state index is 5.43. The Hall–Kier alpha value is -1.60. The van der Waals surface area contributed by atoms with Gasteiger partial charge in [-0.05, 0) is 43.4 Å². The van der Waals surface area contributed by atoms with Crippen LogP contribution < -0.4 is 10.6 Å². The average molecular weight is 481 g/mol. The Morgan fingerprint density at radius 1 is 1.00 bits per heavy atom. The van der Waals surface area contributed by atoms with Crippen LogP contribution in [0.25, 0.3) is 0 Å². The number of aliphatic imine (C=N–C) groups is 1. The fourth-order valence-electron chi connectivity index (χ4n) is 2.69. The summed E-state index contributed by atoms with van der Waals surface area (Å²) in [5.74, 6) is 0.837. The molecule has 0 aliphatic heterocycles. The molecule has 4 nitrogen and oxygen atoms in total. The lowest BCUT2D eigenvalue weighted by Crippen LogP contribution is -2.42. The van der Waals surface area contributed by atoms with Gasteiger partial charge in [-0.25, -0.2) is 0 Å². The third kappa shape index (κ3) is 9.24. The first-order valence-corrected chi connectivity index (χ1v) is 9.38. The Labute approximate surface area is 180 Å². The number of hydrogen-bond donors (Lipinski definition) is 2. The zero-order chi connectivity index (χ0) is 18.6. The first-order valence-electron chi connectivity index (χ1n) is 9.38. The van der Waals surface area contributed by atoms with E-state index >= 15 is 0 Å². The summed E-state index contributed by atoms with van der Waals surface area (Å²) in [5.41, 5.74) is 3.80. The third-order valence-corrected chi connectivity index (χ3v) is 4.27. The fraction of sp³-hybridized carbons (Fsp3) is 0.409. The molecule has 0 bridgehead atoms. The molecule has 148 valence electrons. The van der Waals surface area contributed by atoms with E-state index in [-0.39, 0.29) is 24.0 Å². The first-order chi connectivity index (χ1) is 12.7. The molecule has 27 heavy (non-hydrogen) atoms. The Bertz CT molecular complexity index is 659. The van der Waals surface area contributed by atoms with Crippen molar-refractivity contribution in [1.29, 1.82) is 0 Å². The van der Waals surface area contributed by atoms with Gasteiger partial charge in [0.25, 0.3) is 0 Å². The first kappa shape index (κ1) is 23.4. The number of rotatable bonds is 9. The van der Waals surface area contributed by atoms with E-state index in [1.165, 1.54) is 16.7 Å². The van der Waals surface area contributed by atoms with Crippen molar-refractivity contribution in [3.63, 3.8) is 0 Å². The lowest BCUT2D eigenvalue weighted by molar-refractivity contribution is 0.134. The summed E-state index contributed by atoms with van der Waals surface area (Å²) < 4.78 is 5.43. The minimum absolute atomic E-state index is 0. The van der Waals surface area contributed by atoms with Crippen LogP contribution in [0.5, 0.6) is 0 Å². The molecule has 0 aliphatic rings. The van der Waals surface area contributed by atoms with E-state index in [1.807, 2.05) is 14.0 Å². The molecule has 0 spiro atoms. The number of ether oxygens (including phenoxy) is 1. The van der Waals surface area contributed by atoms with Crippen LogP contribution in [0.3, 0.4) is 0 Å². The van der Waals surface area contributed by atoms with E-state index in [1.54, 1.807) is 0 Å². The number of guanidine groups is 1. The van der Waals surface area contributed by atoms with Crippen LogP contribution in [0, 0.1) is 0 Å². The highest BCUT2D eigenvalue weighted by atomic mass is 127. The molecule has 1 unspecified atom stereocenters. The summed E-state index contributed by atoms with van der Waals surface area (Å²) in [6, 6.07) is 19.4. The van der Waals surface area contributed by atoms with Crippen LogP contribution in [-0.4, -0.2) is 25.7 Å². The molecule has 2 aromatic carbocycles. The Balaban J connectivity index is 0.00000364. The SMILES string of the molecule is CCOCc1ccc(CNC(=NC)NC(C)CCc2ccccc2)cc1.I. The molecule has 2 N–H and O–H groups in total. The summed E-state index contributed by atoms with van der Waals surface area (Å²) in [4.78, 5) is 4.33. The van der Waals surface area contributed by atoms with Crippen LogP contribution in [0.4, 0.5) is 0 Å². The number of aryl methyl sites for hydroxylation is 1. The highest BCUT2D eigenvalue weighted by Crippen LogP contribution is 2.06. The molecule has 2 aromatic rings. The normalized spacial score (nSPS) is 12.2. The summed E-state index contributed by atoms with van der Waals surface area (Å²) in [6.07, 6.45) is 2.13. The molecule has 1 atom stereocenters. The minimum atomic E-state index is 0. The van der Waals surface area contributed by atoms with Crippen LogP contribution in [-0.2, 0) is 24.3 Å². The quantitative estimate of drug-likeness (QED) is 0.315. The molecular formula is C22H32IN3O. The Morgan fingerprint density at radius 3 is 2.30 bits per heavy atom. The van der Waals surface area contributed by atoms with Crippen molar-refractivity contribution in [2.75, 3.05) is 13.7 Å². The van der Waals surface area contributed by atoms with Crippen LogP contribution >= 0.6 is 24.0 Å². The Morgan fingerprint density at radius 2 is 1.67 bits per heavy atom. The lowest BCUT2D eigenvalue weighted by atomic mass is 10.1. The van der Waals surface area contributed by atoms with Crippen molar-refractivity contribution in [1.82, 2.24) is 10.6 Å². The molecule has 5 heteroatoms. The molecule has 0 saturated carbocycles. The van der Waals surface area contributed by atoms with Crippen LogP contribution in [0.2, 0.25) is 0 Å². The van der Waals surface area contributed by atoms with E-state index < -0.39 is 0 Å². The summed E-state index contributed by atoms with van der Waals surface area (Å²) in [6.45, 7) is 6.37. The van der Waals surface area contributed by atoms with Gasteiger partial charge in [0.15, 0.2) is 5.96 Å². The summed E-state index contributed by atoms with van der Waals surface area (Å²) in [5, 5.41) is 6.85. The van der Waals surface area contributed by atoms with Gasteiger partial charge in [-0.1, -0.05) is 54.6 Å². The highest BCUT2D eigenvalue weighted by molar-refractivity contribution is 14.0. The third-order valence-electron chi connectivity index (χ3n) is 4.27. The van der Waals surface area contributed by atoms with Crippen molar-refractivity contribution in [3.05, 3.63) is 71.3 Å². The largest absolute Gasteiger partial charge is 0.377 e. The van der Waals surface area contributed by atoms with Crippen LogP contribution in [0.15, 0.2) is 59.6 Å². The number of halogens is 1. The van der Waals surface area contributed by atoms with E-state index in [0.29, 0.717) is 12.6 Å². The topological polar surface area (TPSA) is 45.6 Å². The second-order valence-corrected chi connectivity index (χ2v) is 6.45. The number of nitrogens with one attached hydrogen (secondary N) is 2. The van der Waals surface area contributed by atoms with Crippen molar-refractivity contribution in [2.24, 2.45) is 4.99 Å². The van der Waals surface area contributed by atoms with Gasteiger partial charge in [-0.15, -0.1) is 24.0 Å². The highest BCUT2D eigenvalue weighted by Gasteiger charge is 2.06. The molecule has 0 aliphatic carbocycles. The summed E-state index contributed by atoms with van der Waals surface area (Å²) >= 11 is 0. The molecule has 0 amide bonds. The number of hydrogen-bond acceptors (Lipinski definition) is 2. The van der Waals surface area contributed by atoms with E-state index in [2.05, 4.69) is 77.1 Å². The zero-order valence-corrected chi connectivity index (χ0v) is 18.9. The average Bonchev–Trinajstić information content (AvgIpc) is 2.69. The van der Waals surface area contributed by atoms with Gasteiger partial charge in [0.05, 0.1) is 6.61 Å². The van der Waals surface area contributed by atoms with Crippen molar-refractivity contribution in [3.8, 4) is 0 Å². The van der Waals surface area contributed by atoms with Gasteiger partial charge in [0.2, 0.25) is 0 Å². The van der Waals surface area contributed by atoms with Gasteiger partial charge < -0.3 is 15.4 Å². The second-order valence-electron chi connectivity index (χ2n) is 6.45. The predicted octanol–water partition coefficient (Wildman–Crippen LogP) is 4.53. The fourth-order valence-corrected chi connectivity index (χ4v) is 2.69. The number of benzene rings is 2. The van der Waals surface area contributed by atoms with Gasteiger partial charge in [-0.2, -0.15) is 0 Å². The van der Waals surface area contributed by atoms with Crippen molar-refractivity contribution < 1.29 is 4.74 Å². The molecule has 2 rings (SSSR count). The monoisotopic (exact) mass is 481 g/mol. The lowest BCUT2D eigenvalue weighted by Gasteiger charge is -2.18. The molecule has 0 fully saturated rings. The Kier molecular flexibility index (Phi) is 11.8. The maximum atomic E-state index is 5.43. The number of nitrogens with zero attached hydrogens (tertiary/aromatic N) is 1. The molecular weight excluding hydrogens is 449 g/mol. The molecule has 0 heterocycles. The molecule has 0 saturated heterocycles. The van der Waals surface area contributed by atoms with Crippen molar-refractivity contribution in [2.45, 2.75) is 45.9 Å². The van der Waals surface area contributed by atoms with Gasteiger partial charge in [-0.3, -0.25) is 4.99 Å². The molecule has 0 radical (unpaired) electrons. The smallest absolute Gasteiger partial charge is 0.191 e. The minimum Gasteiger partial charge on any atom is -0.377 e. The van der Waals surface area contributed by atoms with Gasteiger partial charge in [0.1, 0.15) is 0 Å². The van der Waals surface area contributed by atoms with Gasteiger partial charge in [0, 0.05) is 26.2 Å². The zero-order valence-electron chi connectivity index (χ0n) is 16.6. The summed E-state index contributed by atoms with van der Waals surface area (Å²) in [7, 11) is 1.81. The van der Waals surface area contributed by atoms with E-state index in [9.17, 15) is 0 Å². The van der Waals surface area contributed by atoms with E-state index in [0.717, 1.165) is 32.0 Å². The standard InChI is InChI=1S/C22H31N3O.HI/c1-4-26-17-21-14-12-20(13-15-21)16-24-22(23-3)25-18(2)10-11-19-8-6-5-7-9-19;/h5-9,12-15,18H,4,10-11,16-17H2,1-3H3,(H2,23,24,25);1H. The second kappa shape index (κ2) is 13.6. The van der Waals surface area contributed by atoms with Crippen LogP contribution in [0.1, 0.15) is 37.0 Å². The van der Waals surface area contributed by atoms with Gasteiger partial charge >= 0.3 is 0 Å². The predicted molar refractivity (Wildman–Crippen MR) is 125 cm³/mol.